The highest BCUT2D eigenvalue weighted by Gasteiger charge is 2.20. The van der Waals surface area contributed by atoms with Crippen LogP contribution < -0.4 is 11.3 Å². The molecule has 0 atom stereocenters. The van der Waals surface area contributed by atoms with Crippen molar-refractivity contribution >= 4 is 16.3 Å². The van der Waals surface area contributed by atoms with Gasteiger partial charge >= 0.3 is 0 Å². The molecule has 2 N–H and O–H groups in total. The van der Waals surface area contributed by atoms with Gasteiger partial charge in [0.05, 0.1) is 5.69 Å². The summed E-state index contributed by atoms with van der Waals surface area (Å²) in [6.45, 7) is 9.55. The molecule has 2 heterocycles. The van der Waals surface area contributed by atoms with Gasteiger partial charge in [0.1, 0.15) is 0 Å². The molecule has 0 saturated carbocycles. The fourth-order valence-electron chi connectivity index (χ4n) is 2.15. The molecule has 0 aliphatic rings. The summed E-state index contributed by atoms with van der Waals surface area (Å²) in [5.74, 6) is 0. The second-order valence-electron chi connectivity index (χ2n) is 5.81. The minimum Gasteiger partial charge on any atom is -0.330 e. The number of nitrogens with zero attached hydrogens (tertiary/aromatic N) is 3. The Kier molecular flexibility index (Phi) is 4.57. The van der Waals surface area contributed by atoms with Crippen LogP contribution in [0.25, 0.3) is 4.96 Å². The van der Waals surface area contributed by atoms with Gasteiger partial charge in [-0.1, -0.05) is 20.8 Å². The van der Waals surface area contributed by atoms with Crippen molar-refractivity contribution in [2.24, 2.45) is 11.1 Å². The molecular formula is C14H22N4OS. The number of rotatable bonds is 6. The number of hydrogen-bond donors (Lipinski definition) is 1. The van der Waals surface area contributed by atoms with E-state index in [1.54, 1.807) is 16.7 Å². The van der Waals surface area contributed by atoms with Gasteiger partial charge in [0.25, 0.3) is 5.56 Å². The second-order valence-corrected chi connectivity index (χ2v) is 6.69. The van der Waals surface area contributed by atoms with E-state index in [-0.39, 0.29) is 11.0 Å². The number of nitrogens with two attached hydrogens (primary N) is 1. The lowest BCUT2D eigenvalue weighted by Gasteiger charge is -2.30. The van der Waals surface area contributed by atoms with Crippen molar-refractivity contribution in [1.82, 2.24) is 14.3 Å². The summed E-state index contributed by atoms with van der Waals surface area (Å²) in [6.07, 6.45) is 1.76. The zero-order valence-corrected chi connectivity index (χ0v) is 13.1. The van der Waals surface area contributed by atoms with Crippen molar-refractivity contribution in [2.45, 2.75) is 27.3 Å². The van der Waals surface area contributed by atoms with E-state index < -0.39 is 0 Å². The Morgan fingerprint density at radius 3 is 2.90 bits per heavy atom. The first-order chi connectivity index (χ1) is 9.45. The summed E-state index contributed by atoms with van der Waals surface area (Å²) >= 11 is 1.48. The van der Waals surface area contributed by atoms with Gasteiger partial charge in [0, 0.05) is 30.7 Å². The van der Waals surface area contributed by atoms with Crippen LogP contribution in [0.4, 0.5) is 0 Å². The van der Waals surface area contributed by atoms with E-state index in [0.717, 1.165) is 23.7 Å². The summed E-state index contributed by atoms with van der Waals surface area (Å²) in [7, 11) is 0. The highest BCUT2D eigenvalue weighted by atomic mass is 32.1. The Hall–Kier alpha value is -1.24. The average Bonchev–Trinajstić information content (AvgIpc) is 2.86. The maximum atomic E-state index is 12.0. The fourth-order valence-corrected chi connectivity index (χ4v) is 2.89. The SMILES string of the molecule is CCN(Cc1cc(=O)n2ccsc2n1)CC(C)(C)CN. The lowest BCUT2D eigenvalue weighted by Crippen LogP contribution is -2.38. The van der Waals surface area contributed by atoms with Crippen molar-refractivity contribution in [3.05, 3.63) is 33.7 Å². The Balaban J connectivity index is 2.19. The van der Waals surface area contributed by atoms with E-state index in [0.29, 0.717) is 13.1 Å². The molecule has 0 spiro atoms. The minimum atomic E-state index is -0.0135. The van der Waals surface area contributed by atoms with E-state index in [1.807, 2.05) is 5.38 Å². The van der Waals surface area contributed by atoms with Crippen molar-refractivity contribution in [1.29, 1.82) is 0 Å². The van der Waals surface area contributed by atoms with Crippen LogP contribution in [0.15, 0.2) is 22.4 Å². The molecule has 20 heavy (non-hydrogen) atoms. The fraction of sp³-hybridized carbons (Fsp3) is 0.571. The monoisotopic (exact) mass is 294 g/mol. The van der Waals surface area contributed by atoms with Crippen molar-refractivity contribution in [3.8, 4) is 0 Å². The molecule has 0 bridgehead atoms. The molecule has 2 rings (SSSR count). The number of hydrogen-bond acceptors (Lipinski definition) is 5. The third-order valence-electron chi connectivity index (χ3n) is 3.39. The normalized spacial score (nSPS) is 12.4. The highest BCUT2D eigenvalue weighted by Crippen LogP contribution is 2.16. The molecule has 0 aliphatic heterocycles. The first kappa shape index (κ1) is 15.2. The summed E-state index contributed by atoms with van der Waals surface area (Å²) in [5.41, 5.74) is 6.67. The molecule has 0 unspecified atom stereocenters. The van der Waals surface area contributed by atoms with Crippen LogP contribution in [-0.2, 0) is 6.54 Å². The molecule has 0 fully saturated rings. The maximum absolute atomic E-state index is 12.0. The molecule has 2 aromatic heterocycles. The molecule has 5 nitrogen and oxygen atoms in total. The third kappa shape index (κ3) is 3.45. The summed E-state index contributed by atoms with van der Waals surface area (Å²) < 4.78 is 1.58. The second kappa shape index (κ2) is 6.03. The molecule has 2 aromatic rings. The van der Waals surface area contributed by atoms with Crippen LogP contribution in [-0.4, -0.2) is 33.9 Å². The van der Waals surface area contributed by atoms with Gasteiger partial charge in [-0.25, -0.2) is 4.98 Å². The number of aromatic nitrogens is 2. The molecule has 6 heteroatoms. The van der Waals surface area contributed by atoms with E-state index in [4.69, 9.17) is 5.73 Å². The Labute approximate surface area is 123 Å². The first-order valence-electron chi connectivity index (χ1n) is 6.83. The molecule has 110 valence electrons. The van der Waals surface area contributed by atoms with Gasteiger partial charge in [-0.3, -0.25) is 14.1 Å². The third-order valence-corrected chi connectivity index (χ3v) is 4.15. The minimum absolute atomic E-state index is 0.0135. The van der Waals surface area contributed by atoms with E-state index in [2.05, 4.69) is 30.7 Å². The Morgan fingerprint density at radius 1 is 1.50 bits per heavy atom. The number of fused-ring (bicyclic) bond motifs is 1. The summed E-state index contributed by atoms with van der Waals surface area (Å²) in [5, 5.41) is 1.88. The average molecular weight is 294 g/mol. The molecule has 0 aliphatic carbocycles. The highest BCUT2D eigenvalue weighted by molar-refractivity contribution is 7.15. The standard InChI is InChI=1S/C14H22N4OS/c1-4-17(10-14(2,3)9-15)8-11-7-12(19)18-5-6-20-13(18)16-11/h5-7H,4,8-10,15H2,1-3H3. The van der Waals surface area contributed by atoms with Crippen molar-refractivity contribution in [3.63, 3.8) is 0 Å². The van der Waals surface area contributed by atoms with Crippen LogP contribution >= 0.6 is 11.3 Å². The molecule has 0 aromatic carbocycles. The smallest absolute Gasteiger partial charge is 0.258 e. The van der Waals surface area contributed by atoms with Crippen LogP contribution in [0, 0.1) is 5.41 Å². The molecule has 0 saturated heterocycles. The van der Waals surface area contributed by atoms with Gasteiger partial charge in [-0.05, 0) is 18.5 Å². The van der Waals surface area contributed by atoms with Gasteiger partial charge in [0.15, 0.2) is 4.96 Å². The first-order valence-corrected chi connectivity index (χ1v) is 7.71. The molecule has 0 amide bonds. The van der Waals surface area contributed by atoms with E-state index in [1.165, 1.54) is 11.3 Å². The van der Waals surface area contributed by atoms with Crippen LogP contribution in [0.1, 0.15) is 26.5 Å². The summed E-state index contributed by atoms with van der Waals surface area (Å²) in [6, 6.07) is 1.62. The molecule has 0 radical (unpaired) electrons. The van der Waals surface area contributed by atoms with E-state index >= 15 is 0 Å². The maximum Gasteiger partial charge on any atom is 0.258 e. The Morgan fingerprint density at radius 2 is 2.25 bits per heavy atom. The van der Waals surface area contributed by atoms with Crippen molar-refractivity contribution < 1.29 is 0 Å². The van der Waals surface area contributed by atoms with Crippen LogP contribution in [0.2, 0.25) is 0 Å². The lowest BCUT2D eigenvalue weighted by atomic mass is 9.93. The van der Waals surface area contributed by atoms with Gasteiger partial charge in [-0.2, -0.15) is 0 Å². The summed E-state index contributed by atoms with van der Waals surface area (Å²) in [4.78, 5) is 19.5. The van der Waals surface area contributed by atoms with Crippen LogP contribution in [0.5, 0.6) is 0 Å². The number of thiazole rings is 1. The predicted molar refractivity (Wildman–Crippen MR) is 83.1 cm³/mol. The largest absolute Gasteiger partial charge is 0.330 e. The zero-order valence-electron chi connectivity index (χ0n) is 12.3. The van der Waals surface area contributed by atoms with Crippen molar-refractivity contribution in [2.75, 3.05) is 19.6 Å². The Bertz CT molecular complexity index is 631. The quantitative estimate of drug-likeness (QED) is 0.878. The van der Waals surface area contributed by atoms with Gasteiger partial charge in [-0.15, -0.1) is 11.3 Å². The van der Waals surface area contributed by atoms with Crippen LogP contribution in [0.3, 0.4) is 0 Å². The van der Waals surface area contributed by atoms with Gasteiger partial charge in [0.2, 0.25) is 0 Å². The lowest BCUT2D eigenvalue weighted by molar-refractivity contribution is 0.182. The predicted octanol–water partition coefficient (Wildman–Crippen LogP) is 1.56. The van der Waals surface area contributed by atoms with Gasteiger partial charge < -0.3 is 5.73 Å². The molecular weight excluding hydrogens is 272 g/mol. The zero-order chi connectivity index (χ0) is 14.8. The van der Waals surface area contributed by atoms with E-state index in [9.17, 15) is 4.79 Å². The topological polar surface area (TPSA) is 63.6 Å².